The number of rotatable bonds is 3. The van der Waals surface area contributed by atoms with Crippen molar-refractivity contribution in [3.8, 4) is 0 Å². The lowest BCUT2D eigenvalue weighted by atomic mass is 10.1. The predicted octanol–water partition coefficient (Wildman–Crippen LogP) is 2.05. The van der Waals surface area contributed by atoms with E-state index in [2.05, 4.69) is 0 Å². The molecule has 0 bridgehead atoms. The third-order valence-corrected chi connectivity index (χ3v) is 5.39. The molecule has 0 radical (unpaired) electrons. The third kappa shape index (κ3) is 2.44. The average Bonchev–Trinajstić information content (AvgIpc) is 2.75. The molecule has 14 heavy (non-hydrogen) atoms. The van der Waals surface area contributed by atoms with E-state index in [9.17, 15) is 9.00 Å². The van der Waals surface area contributed by atoms with Crippen molar-refractivity contribution < 1.29 is 9.00 Å². The second-order valence-corrected chi connectivity index (χ2v) is 6.36. The summed E-state index contributed by atoms with van der Waals surface area (Å²) >= 11 is 0. The Morgan fingerprint density at radius 3 is 2.50 bits per heavy atom. The van der Waals surface area contributed by atoms with Crippen molar-refractivity contribution in [2.24, 2.45) is 5.92 Å². The third-order valence-electron chi connectivity index (χ3n) is 3.45. The smallest absolute Gasteiger partial charge is 0.134 e. The molecule has 0 aromatic carbocycles. The predicted molar refractivity (Wildman–Crippen MR) is 57.6 cm³/mol. The summed E-state index contributed by atoms with van der Waals surface area (Å²) < 4.78 is 11.9. The SMILES string of the molecule is O=C1CCC(S(=O)CC2CCCC2)C1. The Labute approximate surface area is 87.9 Å². The molecule has 0 spiro atoms. The average molecular weight is 214 g/mol. The minimum Gasteiger partial charge on any atom is -0.300 e. The first kappa shape index (κ1) is 10.3. The van der Waals surface area contributed by atoms with Crippen LogP contribution in [0.2, 0.25) is 0 Å². The highest BCUT2D eigenvalue weighted by Crippen LogP contribution is 2.28. The van der Waals surface area contributed by atoms with E-state index in [-0.39, 0.29) is 5.25 Å². The molecule has 2 saturated carbocycles. The van der Waals surface area contributed by atoms with Crippen molar-refractivity contribution in [3.63, 3.8) is 0 Å². The van der Waals surface area contributed by atoms with E-state index in [0.29, 0.717) is 24.5 Å². The van der Waals surface area contributed by atoms with Gasteiger partial charge in [-0.05, 0) is 25.2 Å². The summed E-state index contributed by atoms with van der Waals surface area (Å²) in [6, 6.07) is 0. The van der Waals surface area contributed by atoms with Gasteiger partial charge in [-0.2, -0.15) is 0 Å². The maximum atomic E-state index is 11.9. The van der Waals surface area contributed by atoms with Crippen LogP contribution in [0.3, 0.4) is 0 Å². The highest BCUT2D eigenvalue weighted by atomic mass is 32.2. The van der Waals surface area contributed by atoms with E-state index in [0.717, 1.165) is 12.2 Å². The summed E-state index contributed by atoms with van der Waals surface area (Å²) in [6.07, 6.45) is 7.26. The van der Waals surface area contributed by atoms with Crippen LogP contribution < -0.4 is 0 Å². The zero-order valence-corrected chi connectivity index (χ0v) is 9.35. The van der Waals surface area contributed by atoms with Gasteiger partial charge in [0, 0.05) is 34.6 Å². The number of carbonyl (C=O) groups is 1. The van der Waals surface area contributed by atoms with Gasteiger partial charge in [-0.3, -0.25) is 9.00 Å². The molecule has 0 amide bonds. The van der Waals surface area contributed by atoms with Gasteiger partial charge in [0.15, 0.2) is 0 Å². The molecule has 0 heterocycles. The van der Waals surface area contributed by atoms with E-state index in [4.69, 9.17) is 0 Å². The summed E-state index contributed by atoms with van der Waals surface area (Å²) in [4.78, 5) is 11.1. The van der Waals surface area contributed by atoms with Gasteiger partial charge in [-0.25, -0.2) is 0 Å². The topological polar surface area (TPSA) is 34.1 Å². The molecular formula is C11H18O2S. The van der Waals surface area contributed by atoms with Gasteiger partial charge < -0.3 is 0 Å². The highest BCUT2D eigenvalue weighted by molar-refractivity contribution is 7.85. The van der Waals surface area contributed by atoms with E-state index in [1.165, 1.54) is 25.7 Å². The lowest BCUT2D eigenvalue weighted by Gasteiger charge is -2.12. The summed E-state index contributed by atoms with van der Waals surface area (Å²) in [5.74, 6) is 1.86. The molecule has 2 aliphatic carbocycles. The van der Waals surface area contributed by atoms with Gasteiger partial charge in [0.2, 0.25) is 0 Å². The lowest BCUT2D eigenvalue weighted by Crippen LogP contribution is -2.18. The maximum absolute atomic E-state index is 11.9. The van der Waals surface area contributed by atoms with E-state index in [1.807, 2.05) is 0 Å². The molecule has 80 valence electrons. The van der Waals surface area contributed by atoms with Crippen molar-refractivity contribution in [2.75, 3.05) is 5.75 Å². The van der Waals surface area contributed by atoms with Crippen molar-refractivity contribution in [1.29, 1.82) is 0 Å². The van der Waals surface area contributed by atoms with Gasteiger partial charge >= 0.3 is 0 Å². The Balaban J connectivity index is 1.80. The second-order valence-electron chi connectivity index (χ2n) is 4.60. The van der Waals surface area contributed by atoms with Gasteiger partial charge in [-0.15, -0.1) is 0 Å². The van der Waals surface area contributed by atoms with Crippen LogP contribution in [-0.2, 0) is 15.6 Å². The quantitative estimate of drug-likeness (QED) is 0.720. The minimum atomic E-state index is -0.727. The lowest BCUT2D eigenvalue weighted by molar-refractivity contribution is -0.117. The van der Waals surface area contributed by atoms with Crippen molar-refractivity contribution >= 4 is 16.6 Å². The molecule has 0 aromatic rings. The monoisotopic (exact) mass is 214 g/mol. The summed E-state index contributed by atoms with van der Waals surface area (Å²) in [6.45, 7) is 0. The molecule has 0 saturated heterocycles. The number of Topliss-reactive ketones (excluding diaryl/α,β-unsaturated/α-hetero) is 1. The van der Waals surface area contributed by atoms with Crippen LogP contribution in [-0.4, -0.2) is 21.0 Å². The van der Waals surface area contributed by atoms with Gasteiger partial charge in [-0.1, -0.05) is 12.8 Å². The van der Waals surface area contributed by atoms with Crippen molar-refractivity contribution in [2.45, 2.75) is 50.2 Å². The highest BCUT2D eigenvalue weighted by Gasteiger charge is 2.29. The fraction of sp³-hybridized carbons (Fsp3) is 0.909. The molecule has 2 rings (SSSR count). The molecule has 2 atom stereocenters. The summed E-state index contributed by atoms with van der Waals surface area (Å²) in [5, 5.41) is 0.197. The van der Waals surface area contributed by atoms with Crippen LogP contribution in [0.25, 0.3) is 0 Å². The summed E-state index contributed by atoms with van der Waals surface area (Å²) in [7, 11) is -0.727. The zero-order chi connectivity index (χ0) is 9.97. The van der Waals surface area contributed by atoms with Crippen LogP contribution in [0.5, 0.6) is 0 Å². The first-order chi connectivity index (χ1) is 6.75. The van der Waals surface area contributed by atoms with Crippen LogP contribution >= 0.6 is 0 Å². The molecular weight excluding hydrogens is 196 g/mol. The van der Waals surface area contributed by atoms with Crippen molar-refractivity contribution in [3.05, 3.63) is 0 Å². The Morgan fingerprint density at radius 2 is 1.93 bits per heavy atom. The maximum Gasteiger partial charge on any atom is 0.134 e. The van der Waals surface area contributed by atoms with Gasteiger partial charge in [0.25, 0.3) is 0 Å². The molecule has 3 heteroatoms. The Bertz CT molecular complexity index is 244. The van der Waals surface area contributed by atoms with Crippen molar-refractivity contribution in [1.82, 2.24) is 0 Å². The molecule has 2 fully saturated rings. The molecule has 2 unspecified atom stereocenters. The standard InChI is InChI=1S/C11H18O2S/c12-10-5-6-11(7-10)14(13)8-9-3-1-2-4-9/h9,11H,1-8H2. The Morgan fingerprint density at radius 1 is 1.21 bits per heavy atom. The number of carbonyl (C=O) groups excluding carboxylic acids is 1. The van der Waals surface area contributed by atoms with Crippen LogP contribution in [0.15, 0.2) is 0 Å². The number of ketones is 1. The van der Waals surface area contributed by atoms with E-state index < -0.39 is 10.8 Å². The van der Waals surface area contributed by atoms with Crippen LogP contribution in [0, 0.1) is 5.92 Å². The largest absolute Gasteiger partial charge is 0.300 e. The van der Waals surface area contributed by atoms with Crippen LogP contribution in [0.4, 0.5) is 0 Å². The molecule has 2 nitrogen and oxygen atoms in total. The van der Waals surface area contributed by atoms with Crippen LogP contribution in [0.1, 0.15) is 44.9 Å². The Kier molecular flexibility index (Phi) is 3.37. The number of hydrogen-bond acceptors (Lipinski definition) is 2. The van der Waals surface area contributed by atoms with Gasteiger partial charge in [0.05, 0.1) is 0 Å². The second kappa shape index (κ2) is 4.56. The minimum absolute atomic E-state index is 0.197. The normalized spacial score (nSPS) is 31.1. The first-order valence-electron chi connectivity index (χ1n) is 5.64. The first-order valence-corrected chi connectivity index (χ1v) is 7.03. The molecule has 0 N–H and O–H groups in total. The fourth-order valence-electron chi connectivity index (χ4n) is 2.55. The Hall–Kier alpha value is -0.180. The number of hydrogen-bond donors (Lipinski definition) is 0. The molecule has 0 aliphatic heterocycles. The zero-order valence-electron chi connectivity index (χ0n) is 8.54. The summed E-state index contributed by atoms with van der Waals surface area (Å²) in [5.41, 5.74) is 0. The molecule has 2 aliphatic rings. The van der Waals surface area contributed by atoms with E-state index >= 15 is 0 Å². The molecule has 0 aromatic heterocycles. The fourth-order valence-corrected chi connectivity index (χ4v) is 4.37. The van der Waals surface area contributed by atoms with Gasteiger partial charge in [0.1, 0.15) is 5.78 Å². The van der Waals surface area contributed by atoms with E-state index in [1.54, 1.807) is 0 Å².